The molecule has 152 valence electrons. The lowest BCUT2D eigenvalue weighted by Crippen LogP contribution is -2.23. The molecule has 0 amide bonds. The minimum atomic E-state index is -0.0902. The summed E-state index contributed by atoms with van der Waals surface area (Å²) in [7, 11) is 0. The summed E-state index contributed by atoms with van der Waals surface area (Å²) in [5.41, 5.74) is 3.39. The number of rotatable bonds is 5. The van der Waals surface area contributed by atoms with Crippen LogP contribution >= 0.6 is 34.7 Å². The van der Waals surface area contributed by atoms with Crippen molar-refractivity contribution < 1.29 is 0 Å². The van der Waals surface area contributed by atoms with Gasteiger partial charge < -0.3 is 0 Å². The van der Waals surface area contributed by atoms with Crippen molar-refractivity contribution in [2.24, 2.45) is 0 Å². The monoisotopic (exact) mass is 461 g/mol. The average molecular weight is 462 g/mol. The number of thioether (sulfide) groups is 1. The van der Waals surface area contributed by atoms with E-state index in [1.54, 1.807) is 45.9 Å². The molecule has 3 aromatic carbocycles. The Bertz CT molecular complexity index is 1410. The Labute approximate surface area is 192 Å². The van der Waals surface area contributed by atoms with Crippen LogP contribution in [-0.2, 0) is 5.75 Å². The van der Waals surface area contributed by atoms with Gasteiger partial charge in [0.15, 0.2) is 4.34 Å². The maximum Gasteiger partial charge on any atom is 0.265 e. The largest absolute Gasteiger partial charge is 0.268 e. The summed E-state index contributed by atoms with van der Waals surface area (Å²) in [6.07, 6.45) is 0. The molecule has 31 heavy (non-hydrogen) atoms. The molecule has 5 aromatic rings. The lowest BCUT2D eigenvalue weighted by Gasteiger charge is -2.13. The third-order valence-corrected chi connectivity index (χ3v) is 7.08. The molecule has 0 N–H and O–H groups in total. The number of benzene rings is 3. The fourth-order valence-electron chi connectivity index (χ4n) is 3.32. The van der Waals surface area contributed by atoms with Crippen LogP contribution in [0, 0.1) is 0 Å². The van der Waals surface area contributed by atoms with Crippen LogP contribution in [0.5, 0.6) is 0 Å². The highest BCUT2D eigenvalue weighted by atomic mass is 35.5. The van der Waals surface area contributed by atoms with E-state index in [-0.39, 0.29) is 5.56 Å². The Morgan fingerprint density at radius 1 is 0.903 bits per heavy atom. The predicted octanol–water partition coefficient (Wildman–Crippen LogP) is 6.45. The first-order valence-corrected chi connectivity index (χ1v) is 11.8. The van der Waals surface area contributed by atoms with Crippen LogP contribution in [0.1, 0.15) is 5.82 Å². The highest BCUT2D eigenvalue weighted by Gasteiger charge is 2.14. The summed E-state index contributed by atoms with van der Waals surface area (Å²) >= 11 is 9.23. The van der Waals surface area contributed by atoms with Crippen LogP contribution in [0.25, 0.3) is 27.8 Å². The molecule has 0 aliphatic rings. The topological polar surface area (TPSA) is 47.8 Å². The molecule has 0 aliphatic heterocycles. The molecule has 0 saturated carbocycles. The van der Waals surface area contributed by atoms with Crippen molar-refractivity contribution in [1.29, 1.82) is 0 Å². The second kappa shape index (κ2) is 8.67. The average Bonchev–Trinajstić information content (AvgIpc) is 3.28. The van der Waals surface area contributed by atoms with Crippen molar-refractivity contribution in [3.63, 3.8) is 0 Å². The van der Waals surface area contributed by atoms with Gasteiger partial charge in [-0.1, -0.05) is 65.8 Å². The normalized spacial score (nSPS) is 11.1. The Kier molecular flexibility index (Phi) is 5.59. The van der Waals surface area contributed by atoms with Crippen LogP contribution in [0.2, 0.25) is 5.02 Å². The first kappa shape index (κ1) is 20.0. The first-order chi connectivity index (χ1) is 15.2. The summed E-state index contributed by atoms with van der Waals surface area (Å²) < 4.78 is 2.60. The molecule has 2 aromatic heterocycles. The van der Waals surface area contributed by atoms with Gasteiger partial charge in [-0.3, -0.25) is 9.36 Å². The van der Waals surface area contributed by atoms with Crippen molar-refractivity contribution in [3.05, 3.63) is 105 Å². The van der Waals surface area contributed by atoms with Crippen molar-refractivity contribution >= 4 is 45.6 Å². The van der Waals surface area contributed by atoms with E-state index in [9.17, 15) is 4.79 Å². The van der Waals surface area contributed by atoms with E-state index < -0.39 is 0 Å². The number of para-hydroxylation sites is 1. The molecular weight excluding hydrogens is 446 g/mol. The molecule has 0 spiro atoms. The highest BCUT2D eigenvalue weighted by Crippen LogP contribution is 2.30. The fourth-order valence-corrected chi connectivity index (χ4v) is 5.20. The minimum absolute atomic E-state index is 0.0902. The molecular formula is C24H16ClN3OS2. The van der Waals surface area contributed by atoms with Crippen LogP contribution in [0.15, 0.2) is 93.4 Å². The number of aromatic nitrogens is 3. The summed E-state index contributed by atoms with van der Waals surface area (Å²) in [5.74, 6) is 1.19. The van der Waals surface area contributed by atoms with E-state index in [1.165, 1.54) is 0 Å². The Morgan fingerprint density at radius 2 is 1.65 bits per heavy atom. The molecule has 0 aliphatic carbocycles. The summed E-state index contributed by atoms with van der Waals surface area (Å²) in [6.45, 7) is 0. The second-order valence-corrected chi connectivity index (χ2v) is 9.33. The van der Waals surface area contributed by atoms with Gasteiger partial charge in [0, 0.05) is 16.0 Å². The van der Waals surface area contributed by atoms with Gasteiger partial charge >= 0.3 is 0 Å². The standard InChI is InChI=1S/C24H16ClN3OS2/c25-17-10-12-18(13-11-17)28-22(26-20-9-5-4-8-19(20)23(28)29)15-31-24-27-21(14-30-24)16-6-2-1-3-7-16/h1-14H,15H2. The number of nitrogens with zero attached hydrogens (tertiary/aromatic N) is 3. The van der Waals surface area contributed by atoms with Crippen molar-refractivity contribution in [3.8, 4) is 16.9 Å². The number of halogens is 1. The van der Waals surface area contributed by atoms with Crippen LogP contribution in [0.4, 0.5) is 0 Å². The van der Waals surface area contributed by atoms with E-state index in [4.69, 9.17) is 21.6 Å². The molecule has 4 nitrogen and oxygen atoms in total. The number of hydrogen-bond donors (Lipinski definition) is 0. The minimum Gasteiger partial charge on any atom is -0.268 e. The molecule has 0 bridgehead atoms. The zero-order valence-corrected chi connectivity index (χ0v) is 18.6. The van der Waals surface area contributed by atoms with Gasteiger partial charge in [-0.25, -0.2) is 9.97 Å². The van der Waals surface area contributed by atoms with E-state index in [1.807, 2.05) is 60.7 Å². The van der Waals surface area contributed by atoms with Crippen molar-refractivity contribution in [2.75, 3.05) is 0 Å². The van der Waals surface area contributed by atoms with Gasteiger partial charge in [0.05, 0.1) is 28.0 Å². The maximum atomic E-state index is 13.3. The number of thiazole rings is 1. The van der Waals surface area contributed by atoms with Crippen molar-refractivity contribution in [1.82, 2.24) is 14.5 Å². The van der Waals surface area contributed by atoms with E-state index in [2.05, 4.69) is 5.38 Å². The number of fused-ring (bicyclic) bond motifs is 1. The third kappa shape index (κ3) is 4.14. The second-order valence-electron chi connectivity index (χ2n) is 6.82. The van der Waals surface area contributed by atoms with Gasteiger partial charge in [0.25, 0.3) is 5.56 Å². The predicted molar refractivity (Wildman–Crippen MR) is 129 cm³/mol. The smallest absolute Gasteiger partial charge is 0.265 e. The first-order valence-electron chi connectivity index (χ1n) is 9.59. The van der Waals surface area contributed by atoms with Gasteiger partial charge in [0.2, 0.25) is 0 Å². The highest BCUT2D eigenvalue weighted by molar-refractivity contribution is 8.00. The Hall–Kier alpha value is -2.93. The Morgan fingerprint density at radius 3 is 2.45 bits per heavy atom. The summed E-state index contributed by atoms with van der Waals surface area (Å²) in [6, 6.07) is 24.8. The molecule has 0 fully saturated rings. The lowest BCUT2D eigenvalue weighted by atomic mass is 10.2. The zero-order chi connectivity index (χ0) is 21.2. The van der Waals surface area contributed by atoms with Crippen LogP contribution in [-0.4, -0.2) is 14.5 Å². The molecule has 7 heteroatoms. The van der Waals surface area contributed by atoms with E-state index in [0.29, 0.717) is 27.5 Å². The SMILES string of the molecule is O=c1c2ccccc2nc(CSc2nc(-c3ccccc3)cs2)n1-c1ccc(Cl)cc1. The quantitative estimate of drug-likeness (QED) is 0.282. The zero-order valence-electron chi connectivity index (χ0n) is 16.2. The van der Waals surface area contributed by atoms with E-state index >= 15 is 0 Å². The van der Waals surface area contributed by atoms with Crippen LogP contribution < -0.4 is 5.56 Å². The maximum absolute atomic E-state index is 13.3. The molecule has 0 unspecified atom stereocenters. The molecule has 5 rings (SSSR count). The number of hydrogen-bond acceptors (Lipinski definition) is 5. The van der Waals surface area contributed by atoms with Crippen LogP contribution in [0.3, 0.4) is 0 Å². The van der Waals surface area contributed by atoms with Gasteiger partial charge in [0.1, 0.15) is 5.82 Å². The molecule has 2 heterocycles. The van der Waals surface area contributed by atoms with Crippen molar-refractivity contribution in [2.45, 2.75) is 10.1 Å². The molecule has 0 saturated heterocycles. The van der Waals surface area contributed by atoms with Gasteiger partial charge in [-0.15, -0.1) is 11.3 Å². The van der Waals surface area contributed by atoms with E-state index in [0.717, 1.165) is 21.3 Å². The lowest BCUT2D eigenvalue weighted by molar-refractivity contribution is 0.884. The summed E-state index contributed by atoms with van der Waals surface area (Å²) in [5, 5.41) is 3.27. The summed E-state index contributed by atoms with van der Waals surface area (Å²) in [4.78, 5) is 22.8. The fraction of sp³-hybridized carbons (Fsp3) is 0.0417. The molecule has 0 atom stereocenters. The van der Waals surface area contributed by atoms with Gasteiger partial charge in [-0.05, 0) is 36.4 Å². The van der Waals surface area contributed by atoms with Gasteiger partial charge in [-0.2, -0.15) is 0 Å². The molecule has 0 radical (unpaired) electrons. The third-order valence-electron chi connectivity index (χ3n) is 4.81. The Balaban J connectivity index is 1.52.